The van der Waals surface area contributed by atoms with Crippen molar-refractivity contribution in [2.75, 3.05) is 51.2 Å². The third-order valence-corrected chi connectivity index (χ3v) is 4.21. The van der Waals surface area contributed by atoms with Crippen molar-refractivity contribution in [3.8, 4) is 0 Å². The summed E-state index contributed by atoms with van der Waals surface area (Å²) in [6, 6.07) is 0.766. The van der Waals surface area contributed by atoms with E-state index in [0.29, 0.717) is 0 Å². The van der Waals surface area contributed by atoms with Crippen LogP contribution in [0.15, 0.2) is 6.33 Å². The molecule has 0 bridgehead atoms. The molecule has 0 unspecified atom stereocenters. The largest absolute Gasteiger partial charge is 0.339 e. The Labute approximate surface area is 108 Å². The normalized spacial score (nSPS) is 26.9. The van der Waals surface area contributed by atoms with Gasteiger partial charge in [-0.3, -0.25) is 4.90 Å². The van der Waals surface area contributed by atoms with Crippen LogP contribution < -0.4 is 4.90 Å². The molecule has 1 aromatic heterocycles. The molecule has 6 heteroatoms. The molecule has 0 aliphatic carbocycles. The summed E-state index contributed by atoms with van der Waals surface area (Å²) in [5.74, 6) is 0.910. The first kappa shape index (κ1) is 11.9. The second-order valence-corrected chi connectivity index (χ2v) is 5.37. The Morgan fingerprint density at radius 1 is 1.28 bits per heavy atom. The fraction of sp³-hybridized carbons (Fsp3) is 0.833. The Balaban J connectivity index is 1.48. The lowest BCUT2D eigenvalue weighted by Gasteiger charge is -2.36. The minimum atomic E-state index is 0.766. The van der Waals surface area contributed by atoms with Crippen LogP contribution in [-0.4, -0.2) is 77.3 Å². The molecule has 2 saturated heterocycles. The molecule has 3 rings (SSSR count). The quantitative estimate of drug-likeness (QED) is 0.819. The van der Waals surface area contributed by atoms with E-state index < -0.39 is 0 Å². The molecule has 1 aromatic rings. The summed E-state index contributed by atoms with van der Waals surface area (Å²) in [5, 5.41) is 6.85. The van der Waals surface area contributed by atoms with Crippen LogP contribution in [0.2, 0.25) is 0 Å². The zero-order valence-corrected chi connectivity index (χ0v) is 11.0. The van der Waals surface area contributed by atoms with Gasteiger partial charge < -0.3 is 9.80 Å². The van der Waals surface area contributed by atoms with Gasteiger partial charge >= 0.3 is 0 Å². The van der Waals surface area contributed by atoms with Crippen molar-refractivity contribution < 1.29 is 0 Å². The van der Waals surface area contributed by atoms with Crippen LogP contribution in [-0.2, 0) is 0 Å². The number of nitrogens with zero attached hydrogens (tertiary/aromatic N) is 5. The molecule has 3 heterocycles. The molecule has 100 valence electrons. The van der Waals surface area contributed by atoms with Crippen molar-refractivity contribution >= 4 is 5.95 Å². The van der Waals surface area contributed by atoms with E-state index in [-0.39, 0.29) is 0 Å². The van der Waals surface area contributed by atoms with Crippen LogP contribution in [0.25, 0.3) is 0 Å². The molecule has 0 radical (unpaired) electrons. The average molecular weight is 250 g/mol. The molecule has 1 atom stereocenters. The number of rotatable bonds is 3. The van der Waals surface area contributed by atoms with Crippen molar-refractivity contribution in [3.05, 3.63) is 6.33 Å². The van der Waals surface area contributed by atoms with Gasteiger partial charge in [0, 0.05) is 38.8 Å². The lowest BCUT2D eigenvalue weighted by molar-refractivity contribution is 0.185. The second-order valence-electron chi connectivity index (χ2n) is 5.37. The third kappa shape index (κ3) is 2.49. The molecule has 2 fully saturated rings. The molecule has 0 aromatic carbocycles. The molecule has 1 N–H and O–H groups in total. The lowest BCUT2D eigenvalue weighted by atomic mass is 10.2. The number of anilines is 1. The number of aromatic amines is 1. The van der Waals surface area contributed by atoms with E-state index in [2.05, 4.69) is 36.9 Å². The van der Waals surface area contributed by atoms with E-state index in [1.165, 1.54) is 25.9 Å². The van der Waals surface area contributed by atoms with Crippen LogP contribution in [0.3, 0.4) is 0 Å². The SMILES string of the molecule is CN1CCC[C@@H]1CN1CCN(c2ncn[nH]2)CC1. The lowest BCUT2D eigenvalue weighted by Crippen LogP contribution is -2.50. The highest BCUT2D eigenvalue weighted by Gasteiger charge is 2.25. The molecule has 0 spiro atoms. The average Bonchev–Trinajstić information content (AvgIpc) is 3.03. The first-order valence-electron chi connectivity index (χ1n) is 6.86. The number of likely N-dealkylation sites (N-methyl/N-ethyl adjacent to an activating group) is 1. The third-order valence-electron chi connectivity index (χ3n) is 4.21. The first-order chi connectivity index (χ1) is 8.83. The van der Waals surface area contributed by atoms with Gasteiger partial charge in [0.2, 0.25) is 5.95 Å². The van der Waals surface area contributed by atoms with Gasteiger partial charge in [0.25, 0.3) is 0 Å². The highest BCUT2D eigenvalue weighted by atomic mass is 15.4. The van der Waals surface area contributed by atoms with Gasteiger partial charge in [-0.15, -0.1) is 0 Å². The number of hydrogen-bond donors (Lipinski definition) is 1. The highest BCUT2D eigenvalue weighted by Crippen LogP contribution is 2.17. The molecule has 18 heavy (non-hydrogen) atoms. The molecular weight excluding hydrogens is 228 g/mol. The summed E-state index contributed by atoms with van der Waals surface area (Å²) >= 11 is 0. The Bertz CT molecular complexity index is 357. The predicted molar refractivity (Wildman–Crippen MR) is 70.7 cm³/mol. The number of aromatic nitrogens is 3. The fourth-order valence-electron chi connectivity index (χ4n) is 3.00. The summed E-state index contributed by atoms with van der Waals surface area (Å²) in [7, 11) is 2.25. The standard InChI is InChI=1S/C12H22N6/c1-16-4-2-3-11(16)9-17-5-7-18(8-6-17)12-13-10-14-15-12/h10-11H,2-9H2,1H3,(H,13,14,15)/t11-/m1/s1. The maximum absolute atomic E-state index is 4.21. The summed E-state index contributed by atoms with van der Waals surface area (Å²) < 4.78 is 0. The van der Waals surface area contributed by atoms with Crippen LogP contribution in [0.1, 0.15) is 12.8 Å². The number of hydrogen-bond acceptors (Lipinski definition) is 5. The molecule has 0 amide bonds. The molecule has 2 aliphatic heterocycles. The van der Waals surface area contributed by atoms with Crippen LogP contribution >= 0.6 is 0 Å². The summed E-state index contributed by atoms with van der Waals surface area (Å²) in [5.41, 5.74) is 0. The Hall–Kier alpha value is -1.14. The zero-order valence-electron chi connectivity index (χ0n) is 11.0. The highest BCUT2D eigenvalue weighted by molar-refractivity contribution is 5.27. The number of nitrogens with one attached hydrogen (secondary N) is 1. The second kappa shape index (κ2) is 5.24. The summed E-state index contributed by atoms with van der Waals surface area (Å²) in [6.07, 6.45) is 4.30. The van der Waals surface area contributed by atoms with Crippen LogP contribution in [0, 0.1) is 0 Å². The van der Waals surface area contributed by atoms with Crippen molar-refractivity contribution in [2.45, 2.75) is 18.9 Å². The Morgan fingerprint density at radius 2 is 2.11 bits per heavy atom. The maximum Gasteiger partial charge on any atom is 0.221 e. The van der Waals surface area contributed by atoms with Gasteiger partial charge in [-0.25, -0.2) is 5.10 Å². The topological polar surface area (TPSA) is 51.3 Å². The van der Waals surface area contributed by atoms with Gasteiger partial charge in [0.15, 0.2) is 0 Å². The van der Waals surface area contributed by atoms with Gasteiger partial charge in [-0.2, -0.15) is 10.1 Å². The minimum absolute atomic E-state index is 0.766. The van der Waals surface area contributed by atoms with Gasteiger partial charge in [-0.1, -0.05) is 0 Å². The summed E-state index contributed by atoms with van der Waals surface area (Å²) in [6.45, 7) is 6.84. The maximum atomic E-state index is 4.21. The van der Waals surface area contributed by atoms with Crippen molar-refractivity contribution in [3.63, 3.8) is 0 Å². The molecule has 0 saturated carbocycles. The van der Waals surface area contributed by atoms with Gasteiger partial charge in [0.1, 0.15) is 6.33 Å². The van der Waals surface area contributed by atoms with E-state index in [0.717, 1.165) is 38.2 Å². The van der Waals surface area contributed by atoms with Gasteiger partial charge in [-0.05, 0) is 26.4 Å². The van der Waals surface area contributed by atoms with Crippen LogP contribution in [0.4, 0.5) is 5.95 Å². The predicted octanol–water partition coefficient (Wildman–Crippen LogP) is 0.0209. The fourth-order valence-corrected chi connectivity index (χ4v) is 3.00. The first-order valence-corrected chi connectivity index (χ1v) is 6.86. The van der Waals surface area contributed by atoms with E-state index in [1.807, 2.05) is 0 Å². The van der Waals surface area contributed by atoms with Crippen LogP contribution in [0.5, 0.6) is 0 Å². The number of piperazine rings is 1. The van der Waals surface area contributed by atoms with E-state index in [1.54, 1.807) is 6.33 Å². The minimum Gasteiger partial charge on any atom is -0.339 e. The number of H-pyrrole nitrogens is 1. The van der Waals surface area contributed by atoms with Crippen molar-refractivity contribution in [2.24, 2.45) is 0 Å². The Morgan fingerprint density at radius 3 is 2.72 bits per heavy atom. The van der Waals surface area contributed by atoms with Gasteiger partial charge in [0.05, 0.1) is 0 Å². The smallest absolute Gasteiger partial charge is 0.221 e. The van der Waals surface area contributed by atoms with E-state index >= 15 is 0 Å². The Kier molecular flexibility index (Phi) is 3.47. The monoisotopic (exact) mass is 250 g/mol. The van der Waals surface area contributed by atoms with Crippen molar-refractivity contribution in [1.29, 1.82) is 0 Å². The van der Waals surface area contributed by atoms with E-state index in [4.69, 9.17) is 0 Å². The molecule has 6 nitrogen and oxygen atoms in total. The summed E-state index contributed by atoms with van der Waals surface area (Å²) in [4.78, 5) is 11.6. The zero-order chi connectivity index (χ0) is 12.4. The molecule has 2 aliphatic rings. The van der Waals surface area contributed by atoms with E-state index in [9.17, 15) is 0 Å². The number of likely N-dealkylation sites (tertiary alicyclic amines) is 1. The molecular formula is C12H22N6. The van der Waals surface area contributed by atoms with Crippen molar-refractivity contribution in [1.82, 2.24) is 25.0 Å².